The molecule has 39 heavy (non-hydrogen) atoms. The van der Waals surface area contributed by atoms with E-state index in [1.807, 2.05) is 60.8 Å². The van der Waals surface area contributed by atoms with Crippen LogP contribution in [0.25, 0.3) is 5.69 Å². The van der Waals surface area contributed by atoms with Gasteiger partial charge in [0.05, 0.1) is 36.1 Å². The molecule has 2 N–H and O–H groups in total. The van der Waals surface area contributed by atoms with Crippen LogP contribution in [0, 0.1) is 13.8 Å². The smallest absolute Gasteiger partial charge is 0.339 e. The van der Waals surface area contributed by atoms with E-state index in [4.69, 9.17) is 17.0 Å². The number of methoxy groups -OCH3 is 1. The molecule has 1 saturated heterocycles. The van der Waals surface area contributed by atoms with Crippen LogP contribution in [0.5, 0.6) is 0 Å². The van der Waals surface area contributed by atoms with Gasteiger partial charge in [0, 0.05) is 36.4 Å². The molecule has 1 fully saturated rings. The quantitative estimate of drug-likeness (QED) is 0.159. The molecule has 0 saturated carbocycles. The number of esters is 1. The van der Waals surface area contributed by atoms with Crippen LogP contribution < -0.4 is 10.6 Å². The Morgan fingerprint density at radius 3 is 2.54 bits per heavy atom. The van der Waals surface area contributed by atoms with E-state index in [0.717, 1.165) is 58.6 Å². The SMILES string of the molecule is COC(=O)c1ccccc1-n1c(C)cc(C2C(c3ccccn3)NC(=S)N2CCCNc2ccccc2)c1C. The molecule has 0 amide bonds. The van der Waals surface area contributed by atoms with E-state index in [1.165, 1.54) is 7.11 Å². The number of para-hydroxylation sites is 2. The number of ether oxygens (including phenoxy) is 1. The lowest BCUT2D eigenvalue weighted by Gasteiger charge is -2.28. The van der Waals surface area contributed by atoms with Crippen molar-refractivity contribution < 1.29 is 9.53 Å². The molecule has 7 nitrogen and oxygen atoms in total. The maximum Gasteiger partial charge on any atom is 0.339 e. The van der Waals surface area contributed by atoms with Gasteiger partial charge in [0.25, 0.3) is 0 Å². The number of hydrogen-bond donors (Lipinski definition) is 2. The molecular formula is C31H33N5O2S. The van der Waals surface area contributed by atoms with Gasteiger partial charge in [-0.15, -0.1) is 0 Å². The minimum absolute atomic E-state index is 0.0608. The summed E-state index contributed by atoms with van der Waals surface area (Å²) < 4.78 is 7.21. The van der Waals surface area contributed by atoms with Gasteiger partial charge in [-0.2, -0.15) is 0 Å². The van der Waals surface area contributed by atoms with E-state index < -0.39 is 0 Å². The summed E-state index contributed by atoms with van der Waals surface area (Å²) in [6, 6.07) is 25.8. The Hall–Kier alpha value is -4.17. The summed E-state index contributed by atoms with van der Waals surface area (Å²) in [5, 5.41) is 7.77. The van der Waals surface area contributed by atoms with Crippen molar-refractivity contribution in [2.24, 2.45) is 0 Å². The molecule has 8 heteroatoms. The summed E-state index contributed by atoms with van der Waals surface area (Å²) in [5.41, 5.74) is 6.59. The normalized spacial score (nSPS) is 16.7. The molecule has 0 spiro atoms. The monoisotopic (exact) mass is 539 g/mol. The molecule has 0 radical (unpaired) electrons. The number of anilines is 1. The minimum atomic E-state index is -0.359. The van der Waals surface area contributed by atoms with Crippen LogP contribution in [0.1, 0.15) is 51.5 Å². The molecule has 2 aromatic carbocycles. The van der Waals surface area contributed by atoms with Gasteiger partial charge >= 0.3 is 5.97 Å². The van der Waals surface area contributed by atoms with Crippen molar-refractivity contribution in [1.82, 2.24) is 19.8 Å². The standard InChI is InChI=1S/C31H33N5O2S/c1-21-20-25(22(2)36(21)27-16-8-7-14-24(27)30(37)38-3)29-28(26-15-9-10-17-33-26)34-31(39)35(29)19-11-18-32-23-12-5-4-6-13-23/h4-10,12-17,20,28-29,32H,11,18-19H2,1-3H3,(H,34,39). The fourth-order valence-corrected chi connectivity index (χ4v) is 5.76. The molecule has 2 atom stereocenters. The molecule has 2 aromatic heterocycles. The first-order valence-electron chi connectivity index (χ1n) is 13.1. The summed E-state index contributed by atoms with van der Waals surface area (Å²) in [4.78, 5) is 19.5. The lowest BCUT2D eigenvalue weighted by atomic mass is 9.96. The van der Waals surface area contributed by atoms with Crippen LogP contribution in [0.2, 0.25) is 0 Å². The maximum absolute atomic E-state index is 12.6. The van der Waals surface area contributed by atoms with Crippen molar-refractivity contribution >= 4 is 29.0 Å². The predicted octanol–water partition coefficient (Wildman–Crippen LogP) is 5.75. The second-order valence-corrected chi connectivity index (χ2v) is 10.0. The van der Waals surface area contributed by atoms with E-state index in [9.17, 15) is 4.79 Å². The highest BCUT2D eigenvalue weighted by Gasteiger charge is 2.41. The molecule has 1 aliphatic rings. The summed E-state index contributed by atoms with van der Waals surface area (Å²) in [6.45, 7) is 5.77. The number of aromatic nitrogens is 2. The first kappa shape index (κ1) is 26.4. The van der Waals surface area contributed by atoms with Crippen molar-refractivity contribution in [2.45, 2.75) is 32.4 Å². The largest absolute Gasteiger partial charge is 0.465 e. The predicted molar refractivity (Wildman–Crippen MR) is 158 cm³/mol. The Morgan fingerprint density at radius 2 is 1.79 bits per heavy atom. The second-order valence-electron chi connectivity index (χ2n) is 9.64. The van der Waals surface area contributed by atoms with Crippen molar-refractivity contribution in [2.75, 3.05) is 25.5 Å². The lowest BCUT2D eigenvalue weighted by molar-refractivity contribution is 0.0600. The van der Waals surface area contributed by atoms with Gasteiger partial charge in [-0.05, 0) is 80.5 Å². The summed E-state index contributed by atoms with van der Waals surface area (Å²) in [6.07, 6.45) is 2.73. The van der Waals surface area contributed by atoms with Crippen molar-refractivity contribution in [1.29, 1.82) is 0 Å². The molecule has 5 rings (SSSR count). The van der Waals surface area contributed by atoms with Crippen molar-refractivity contribution in [3.8, 4) is 5.69 Å². The maximum atomic E-state index is 12.6. The van der Waals surface area contributed by atoms with Crippen LogP contribution in [-0.4, -0.2) is 45.7 Å². The van der Waals surface area contributed by atoms with Gasteiger partial charge < -0.3 is 24.8 Å². The zero-order chi connectivity index (χ0) is 27.4. The second kappa shape index (κ2) is 11.7. The topological polar surface area (TPSA) is 71.4 Å². The van der Waals surface area contributed by atoms with Gasteiger partial charge in [-0.3, -0.25) is 4.98 Å². The van der Waals surface area contributed by atoms with Gasteiger partial charge in [-0.1, -0.05) is 36.4 Å². The number of carbonyl (C=O) groups is 1. The highest BCUT2D eigenvalue weighted by Crippen LogP contribution is 2.41. The molecule has 2 unspecified atom stereocenters. The lowest BCUT2D eigenvalue weighted by Crippen LogP contribution is -2.31. The molecule has 3 heterocycles. The fraction of sp³-hybridized carbons (Fsp3) is 0.258. The molecular weight excluding hydrogens is 506 g/mol. The van der Waals surface area contributed by atoms with Gasteiger partial charge in [0.1, 0.15) is 0 Å². The van der Waals surface area contributed by atoms with Gasteiger partial charge in [0.15, 0.2) is 5.11 Å². The van der Waals surface area contributed by atoms with Crippen LogP contribution in [-0.2, 0) is 4.74 Å². The number of pyridine rings is 1. The minimum Gasteiger partial charge on any atom is -0.465 e. The number of carbonyl (C=O) groups excluding carboxylic acids is 1. The zero-order valence-electron chi connectivity index (χ0n) is 22.4. The molecule has 200 valence electrons. The van der Waals surface area contributed by atoms with Crippen LogP contribution in [0.15, 0.2) is 85.1 Å². The number of nitrogens with one attached hydrogen (secondary N) is 2. The highest BCUT2D eigenvalue weighted by molar-refractivity contribution is 7.80. The van der Waals surface area contributed by atoms with Crippen LogP contribution in [0.4, 0.5) is 5.69 Å². The fourth-order valence-electron chi connectivity index (χ4n) is 5.43. The summed E-state index contributed by atoms with van der Waals surface area (Å²) in [7, 11) is 1.41. The number of benzene rings is 2. The number of hydrogen-bond acceptors (Lipinski definition) is 5. The summed E-state index contributed by atoms with van der Waals surface area (Å²) in [5.74, 6) is -0.359. The summed E-state index contributed by atoms with van der Waals surface area (Å²) >= 11 is 5.88. The van der Waals surface area contributed by atoms with E-state index in [1.54, 1.807) is 6.07 Å². The Balaban J connectivity index is 1.49. The Bertz CT molecular complexity index is 1450. The molecule has 1 aliphatic heterocycles. The first-order valence-corrected chi connectivity index (χ1v) is 13.5. The average molecular weight is 540 g/mol. The molecule has 0 bridgehead atoms. The number of nitrogens with zero attached hydrogens (tertiary/aromatic N) is 3. The Labute approximate surface area is 234 Å². The van der Waals surface area contributed by atoms with Gasteiger partial charge in [0.2, 0.25) is 0 Å². The highest BCUT2D eigenvalue weighted by atomic mass is 32.1. The number of thiocarbonyl (C=S) groups is 1. The van der Waals surface area contributed by atoms with Gasteiger partial charge in [-0.25, -0.2) is 4.79 Å². The zero-order valence-corrected chi connectivity index (χ0v) is 23.2. The van der Waals surface area contributed by atoms with Crippen molar-refractivity contribution in [3.63, 3.8) is 0 Å². The third kappa shape index (κ3) is 5.38. The molecule has 0 aliphatic carbocycles. The van der Waals surface area contributed by atoms with Crippen LogP contribution >= 0.6 is 12.2 Å². The number of aryl methyl sites for hydroxylation is 1. The average Bonchev–Trinajstić information content (AvgIpc) is 3.45. The third-order valence-electron chi connectivity index (χ3n) is 7.22. The van der Waals surface area contributed by atoms with E-state index in [0.29, 0.717) is 5.56 Å². The first-order chi connectivity index (χ1) is 19.0. The van der Waals surface area contributed by atoms with E-state index in [2.05, 4.69) is 57.1 Å². The Kier molecular flexibility index (Phi) is 7.93. The molecule has 4 aromatic rings. The Morgan fingerprint density at radius 1 is 1.05 bits per heavy atom. The number of rotatable bonds is 9. The van der Waals surface area contributed by atoms with Crippen molar-refractivity contribution in [3.05, 3.63) is 113 Å². The van der Waals surface area contributed by atoms with E-state index >= 15 is 0 Å². The van der Waals surface area contributed by atoms with E-state index in [-0.39, 0.29) is 18.1 Å². The van der Waals surface area contributed by atoms with Crippen LogP contribution in [0.3, 0.4) is 0 Å². The third-order valence-corrected chi connectivity index (χ3v) is 7.57.